The Labute approximate surface area is 199 Å². The largest absolute Gasteiger partial charge is 0.363 e. The lowest BCUT2D eigenvalue weighted by molar-refractivity contribution is -0.146. The van der Waals surface area contributed by atoms with E-state index < -0.39 is 23.7 Å². The van der Waals surface area contributed by atoms with Crippen LogP contribution in [0.4, 0.5) is 0 Å². The van der Waals surface area contributed by atoms with Crippen LogP contribution in [-0.2, 0) is 19.2 Å². The molecule has 0 aromatic carbocycles. The second kappa shape index (κ2) is 9.87. The molecule has 3 rings (SSSR count). The molecule has 3 fully saturated rings. The molecule has 5 atom stereocenters. The van der Waals surface area contributed by atoms with Crippen molar-refractivity contribution in [2.75, 3.05) is 6.54 Å². The molecule has 2 amide bonds. The summed E-state index contributed by atoms with van der Waals surface area (Å²) < 4.78 is 0. The number of rotatable bonds is 2. The molecule has 0 bridgehead atoms. The lowest BCUT2D eigenvalue weighted by atomic mass is 9.75. The van der Waals surface area contributed by atoms with Crippen molar-refractivity contribution in [1.29, 1.82) is 0 Å². The number of carbonyl (C=O) groups is 4. The van der Waals surface area contributed by atoms with Gasteiger partial charge in [0.15, 0.2) is 5.78 Å². The van der Waals surface area contributed by atoms with Gasteiger partial charge >= 0.3 is 0 Å². The summed E-state index contributed by atoms with van der Waals surface area (Å²) in [7, 11) is 0. The SMILES string of the molecule is C[C@@H]1C(=O)N2CC3[C@@H]([C@H]2C(=O)C[C@H](C(=O)C(N)=O)CCCCCCCCCC1(C)C)C3(C)C. The number of nitrogens with two attached hydrogens (primary N) is 1. The van der Waals surface area contributed by atoms with Gasteiger partial charge in [0.05, 0.1) is 6.04 Å². The molecule has 0 aromatic heterocycles. The maximum absolute atomic E-state index is 13.7. The average Bonchev–Trinajstić information content (AvgIpc) is 3.09. The molecule has 2 saturated heterocycles. The molecule has 6 nitrogen and oxygen atoms in total. The van der Waals surface area contributed by atoms with Gasteiger partial charge in [0.2, 0.25) is 11.7 Å². The highest BCUT2D eigenvalue weighted by Gasteiger charge is 2.69. The minimum absolute atomic E-state index is 0.00724. The van der Waals surface area contributed by atoms with Gasteiger partial charge in [-0.3, -0.25) is 19.2 Å². The Balaban J connectivity index is 1.87. The molecule has 1 aliphatic carbocycles. The minimum Gasteiger partial charge on any atom is -0.363 e. The number of ketones is 2. The van der Waals surface area contributed by atoms with Crippen LogP contribution in [0.1, 0.15) is 98.8 Å². The van der Waals surface area contributed by atoms with Crippen molar-refractivity contribution in [3.05, 3.63) is 0 Å². The summed E-state index contributed by atoms with van der Waals surface area (Å²) >= 11 is 0. The molecule has 2 N–H and O–H groups in total. The first-order chi connectivity index (χ1) is 15.4. The molecular formula is C27H44N2O4. The lowest BCUT2D eigenvalue weighted by Gasteiger charge is -2.38. The number of primary amides is 1. The first-order valence-electron chi connectivity index (χ1n) is 13.1. The molecule has 2 aliphatic heterocycles. The van der Waals surface area contributed by atoms with Crippen molar-refractivity contribution in [2.45, 2.75) is 105 Å². The van der Waals surface area contributed by atoms with Crippen molar-refractivity contribution < 1.29 is 19.2 Å². The Morgan fingerprint density at radius 2 is 1.52 bits per heavy atom. The van der Waals surface area contributed by atoms with E-state index in [1.807, 2.05) is 11.8 Å². The summed E-state index contributed by atoms with van der Waals surface area (Å²) in [5.74, 6) is -2.00. The van der Waals surface area contributed by atoms with E-state index in [1.165, 1.54) is 6.42 Å². The maximum atomic E-state index is 13.7. The molecular weight excluding hydrogens is 416 g/mol. The average molecular weight is 461 g/mol. The van der Waals surface area contributed by atoms with Crippen LogP contribution >= 0.6 is 0 Å². The van der Waals surface area contributed by atoms with Crippen LogP contribution in [0.3, 0.4) is 0 Å². The van der Waals surface area contributed by atoms with Gasteiger partial charge in [-0.05, 0) is 35.5 Å². The summed E-state index contributed by atoms with van der Waals surface area (Å²) in [4.78, 5) is 53.3. The summed E-state index contributed by atoms with van der Waals surface area (Å²) in [5.41, 5.74) is 5.21. The fourth-order valence-corrected chi connectivity index (χ4v) is 6.43. The molecule has 2 heterocycles. The van der Waals surface area contributed by atoms with Gasteiger partial charge in [-0.25, -0.2) is 0 Å². The van der Waals surface area contributed by atoms with Gasteiger partial charge in [-0.2, -0.15) is 0 Å². The fraction of sp³-hybridized carbons (Fsp3) is 0.852. The van der Waals surface area contributed by atoms with Gasteiger partial charge in [0.1, 0.15) is 0 Å². The summed E-state index contributed by atoms with van der Waals surface area (Å²) in [5, 5.41) is 0. The van der Waals surface area contributed by atoms with E-state index in [2.05, 4.69) is 27.7 Å². The smallest absolute Gasteiger partial charge is 0.285 e. The van der Waals surface area contributed by atoms with Gasteiger partial charge in [0, 0.05) is 24.8 Å². The molecule has 33 heavy (non-hydrogen) atoms. The summed E-state index contributed by atoms with van der Waals surface area (Å²) in [6.45, 7) is 11.3. The van der Waals surface area contributed by atoms with Gasteiger partial charge in [-0.15, -0.1) is 0 Å². The number of carbonyl (C=O) groups excluding carboxylic acids is 4. The second-order valence-electron chi connectivity index (χ2n) is 12.2. The molecule has 0 radical (unpaired) electrons. The fourth-order valence-electron chi connectivity index (χ4n) is 6.43. The number of hydrogen-bond acceptors (Lipinski definition) is 4. The van der Waals surface area contributed by atoms with Crippen LogP contribution in [0.15, 0.2) is 0 Å². The van der Waals surface area contributed by atoms with E-state index in [0.29, 0.717) is 18.9 Å². The quantitative estimate of drug-likeness (QED) is 0.622. The van der Waals surface area contributed by atoms with E-state index >= 15 is 0 Å². The molecule has 0 aromatic rings. The van der Waals surface area contributed by atoms with Crippen molar-refractivity contribution in [3.63, 3.8) is 0 Å². The first kappa shape index (κ1) is 25.9. The summed E-state index contributed by atoms with van der Waals surface area (Å²) in [6.07, 6.45) is 9.01. The second-order valence-corrected chi connectivity index (χ2v) is 12.2. The van der Waals surface area contributed by atoms with E-state index in [-0.39, 0.29) is 40.8 Å². The number of nitrogens with zero attached hydrogens (tertiary/aromatic N) is 1. The van der Waals surface area contributed by atoms with Crippen LogP contribution in [-0.4, -0.2) is 40.9 Å². The molecule has 186 valence electrons. The number of amides is 2. The van der Waals surface area contributed by atoms with E-state index in [9.17, 15) is 19.2 Å². The van der Waals surface area contributed by atoms with E-state index in [0.717, 1.165) is 44.9 Å². The molecule has 3 aliphatic rings. The van der Waals surface area contributed by atoms with E-state index in [4.69, 9.17) is 5.73 Å². The predicted molar refractivity (Wildman–Crippen MR) is 128 cm³/mol. The van der Waals surface area contributed by atoms with Gasteiger partial charge in [-0.1, -0.05) is 79.6 Å². The minimum atomic E-state index is -0.960. The first-order valence-corrected chi connectivity index (χ1v) is 13.1. The highest BCUT2D eigenvalue weighted by Crippen LogP contribution is 2.65. The molecule has 0 spiro atoms. The maximum Gasteiger partial charge on any atom is 0.285 e. The number of hydrogen-bond donors (Lipinski definition) is 1. The third-order valence-electron chi connectivity index (χ3n) is 9.30. The zero-order chi connectivity index (χ0) is 24.6. The van der Waals surface area contributed by atoms with Crippen molar-refractivity contribution >= 4 is 23.4 Å². The monoisotopic (exact) mass is 460 g/mol. The number of Topliss-reactive ketones (excluding diaryl/α,β-unsaturated/α-hetero) is 2. The zero-order valence-electron chi connectivity index (χ0n) is 21.3. The normalized spacial score (nSPS) is 35.3. The molecule has 1 saturated carbocycles. The van der Waals surface area contributed by atoms with Crippen LogP contribution in [0, 0.1) is 34.5 Å². The third kappa shape index (κ3) is 5.35. The molecule has 1 unspecified atom stereocenters. The zero-order valence-corrected chi connectivity index (χ0v) is 21.3. The van der Waals surface area contributed by atoms with Crippen LogP contribution < -0.4 is 5.73 Å². The van der Waals surface area contributed by atoms with Crippen LogP contribution in [0.5, 0.6) is 0 Å². The Hall–Kier alpha value is -1.72. The predicted octanol–water partition coefficient (Wildman–Crippen LogP) is 4.29. The number of fused-ring (bicyclic) bond motifs is 3. The van der Waals surface area contributed by atoms with Crippen molar-refractivity contribution in [3.8, 4) is 0 Å². The Morgan fingerprint density at radius 3 is 2.12 bits per heavy atom. The summed E-state index contributed by atoms with van der Waals surface area (Å²) in [6, 6.07) is -0.491. The lowest BCUT2D eigenvalue weighted by Crippen LogP contribution is -2.50. The van der Waals surface area contributed by atoms with Crippen molar-refractivity contribution in [2.24, 2.45) is 40.2 Å². The van der Waals surface area contributed by atoms with Gasteiger partial charge in [0.25, 0.3) is 5.91 Å². The Bertz CT molecular complexity index is 787. The topological polar surface area (TPSA) is 97.5 Å². The van der Waals surface area contributed by atoms with Crippen LogP contribution in [0.2, 0.25) is 0 Å². The van der Waals surface area contributed by atoms with E-state index in [1.54, 1.807) is 0 Å². The standard InChI is InChI=1S/C27H44N2O4/c1-17-25(33)29-16-19-21(27(19,4)5)22(29)20(30)15-18(23(31)24(28)32)13-11-9-7-6-8-10-12-14-26(17,2)3/h17-19,21-22H,6-16H2,1-5H3,(H2,28,32)/t17-,18-,19?,21+,22-/m1/s1. The van der Waals surface area contributed by atoms with Gasteiger partial charge < -0.3 is 10.6 Å². The Morgan fingerprint density at radius 1 is 0.939 bits per heavy atom. The van der Waals surface area contributed by atoms with Crippen molar-refractivity contribution in [1.82, 2.24) is 4.90 Å². The van der Waals surface area contributed by atoms with Crippen LogP contribution in [0.25, 0.3) is 0 Å². The number of piperidine rings is 1. The third-order valence-corrected chi connectivity index (χ3v) is 9.30. The highest BCUT2D eigenvalue weighted by molar-refractivity contribution is 6.36. The highest BCUT2D eigenvalue weighted by atomic mass is 16.2. The molecule has 6 heteroatoms. The Kier molecular flexibility index (Phi) is 7.75.